The molecule has 0 saturated heterocycles. The number of benzene rings is 1. The molecule has 1 aromatic carbocycles. The zero-order valence-corrected chi connectivity index (χ0v) is 11.2. The number of rotatable bonds is 3. The molecule has 2 N–H and O–H groups in total. The second-order valence-corrected chi connectivity index (χ2v) is 4.31. The van der Waals surface area contributed by atoms with Crippen LogP contribution in [0.5, 0.6) is 5.75 Å². The van der Waals surface area contributed by atoms with Gasteiger partial charge >= 0.3 is 0 Å². The largest absolute Gasteiger partial charge is 0.496 e. The number of hydrogen-bond donors (Lipinski definition) is 1. The maximum absolute atomic E-state index is 6.17. The summed E-state index contributed by atoms with van der Waals surface area (Å²) in [6.07, 6.45) is 0. The number of halogens is 1. The third-order valence-electron chi connectivity index (χ3n) is 2.80. The fourth-order valence-electron chi connectivity index (χ4n) is 1.84. The van der Waals surface area contributed by atoms with Crippen LogP contribution >= 0.6 is 11.6 Å². The van der Waals surface area contributed by atoms with Crippen molar-refractivity contribution in [2.24, 2.45) is 5.73 Å². The molecule has 2 aromatic rings. The van der Waals surface area contributed by atoms with E-state index in [-0.39, 0.29) is 6.54 Å². The van der Waals surface area contributed by atoms with Crippen molar-refractivity contribution in [1.29, 1.82) is 0 Å². The van der Waals surface area contributed by atoms with Crippen LogP contribution < -0.4 is 10.5 Å². The molecule has 5 nitrogen and oxygen atoms in total. The fourth-order valence-corrected chi connectivity index (χ4v) is 2.04. The molecule has 0 bridgehead atoms. The van der Waals surface area contributed by atoms with Gasteiger partial charge in [0.15, 0.2) is 0 Å². The Morgan fingerprint density at radius 1 is 1.39 bits per heavy atom. The van der Waals surface area contributed by atoms with Crippen LogP contribution in [0.25, 0.3) is 11.4 Å². The van der Waals surface area contributed by atoms with Crippen LogP contribution in [0.15, 0.2) is 10.6 Å². The van der Waals surface area contributed by atoms with Crippen molar-refractivity contribution in [3.63, 3.8) is 0 Å². The topological polar surface area (TPSA) is 74.2 Å². The molecule has 0 saturated carbocycles. The highest BCUT2D eigenvalue weighted by molar-refractivity contribution is 6.31. The lowest BCUT2D eigenvalue weighted by atomic mass is 10.0. The molecular formula is C12H14ClN3O2. The second kappa shape index (κ2) is 4.96. The van der Waals surface area contributed by atoms with Gasteiger partial charge in [0.05, 0.1) is 13.7 Å². The van der Waals surface area contributed by atoms with E-state index < -0.39 is 0 Å². The normalized spacial score (nSPS) is 10.7. The lowest BCUT2D eigenvalue weighted by Crippen LogP contribution is -1.97. The summed E-state index contributed by atoms with van der Waals surface area (Å²) in [4.78, 5) is 4.19. The van der Waals surface area contributed by atoms with Crippen LogP contribution in [0.3, 0.4) is 0 Å². The van der Waals surface area contributed by atoms with Crippen molar-refractivity contribution in [3.05, 3.63) is 28.1 Å². The van der Waals surface area contributed by atoms with Crippen LogP contribution in [-0.2, 0) is 6.54 Å². The zero-order chi connectivity index (χ0) is 13.3. The van der Waals surface area contributed by atoms with Gasteiger partial charge in [0.2, 0.25) is 11.7 Å². The lowest BCUT2D eigenvalue weighted by Gasteiger charge is -2.12. The van der Waals surface area contributed by atoms with Gasteiger partial charge in [-0.1, -0.05) is 16.8 Å². The molecule has 0 fully saturated rings. The van der Waals surface area contributed by atoms with Crippen LogP contribution in [0.2, 0.25) is 5.02 Å². The third kappa shape index (κ3) is 2.07. The van der Waals surface area contributed by atoms with Crippen LogP contribution in [0.4, 0.5) is 0 Å². The number of ether oxygens (including phenoxy) is 1. The third-order valence-corrected chi connectivity index (χ3v) is 3.19. The van der Waals surface area contributed by atoms with E-state index in [1.807, 2.05) is 13.8 Å². The molecule has 1 aromatic heterocycles. The van der Waals surface area contributed by atoms with Gasteiger partial charge in [-0.2, -0.15) is 4.98 Å². The summed E-state index contributed by atoms with van der Waals surface area (Å²) >= 11 is 6.17. The minimum atomic E-state index is 0.211. The molecule has 0 aliphatic heterocycles. The Hall–Kier alpha value is -1.59. The van der Waals surface area contributed by atoms with Crippen molar-refractivity contribution in [3.8, 4) is 17.1 Å². The Balaban J connectivity index is 2.60. The Morgan fingerprint density at radius 2 is 2.11 bits per heavy atom. The van der Waals surface area contributed by atoms with Gasteiger partial charge < -0.3 is 15.0 Å². The van der Waals surface area contributed by atoms with E-state index in [0.717, 1.165) is 22.4 Å². The molecule has 96 valence electrons. The van der Waals surface area contributed by atoms with Gasteiger partial charge in [-0.15, -0.1) is 0 Å². The Labute approximate surface area is 110 Å². The molecule has 2 rings (SSSR count). The van der Waals surface area contributed by atoms with Crippen molar-refractivity contribution in [2.75, 3.05) is 7.11 Å². The smallest absolute Gasteiger partial charge is 0.240 e. The summed E-state index contributed by atoms with van der Waals surface area (Å²) in [7, 11) is 1.61. The number of aromatic nitrogens is 2. The number of nitrogens with two attached hydrogens (primary N) is 1. The van der Waals surface area contributed by atoms with E-state index in [0.29, 0.717) is 16.7 Å². The van der Waals surface area contributed by atoms with E-state index >= 15 is 0 Å². The van der Waals surface area contributed by atoms with Crippen molar-refractivity contribution >= 4 is 11.6 Å². The van der Waals surface area contributed by atoms with Crippen molar-refractivity contribution < 1.29 is 9.26 Å². The Morgan fingerprint density at radius 3 is 2.67 bits per heavy atom. The number of methoxy groups -OCH3 is 1. The van der Waals surface area contributed by atoms with E-state index in [2.05, 4.69) is 10.1 Å². The van der Waals surface area contributed by atoms with Gasteiger partial charge in [0.1, 0.15) is 5.75 Å². The average Bonchev–Trinajstić information content (AvgIpc) is 2.83. The van der Waals surface area contributed by atoms with Gasteiger partial charge in [-0.25, -0.2) is 0 Å². The van der Waals surface area contributed by atoms with Gasteiger partial charge in [-0.3, -0.25) is 0 Å². The van der Waals surface area contributed by atoms with Gasteiger partial charge in [0.25, 0.3) is 0 Å². The maximum Gasteiger partial charge on any atom is 0.240 e. The summed E-state index contributed by atoms with van der Waals surface area (Å²) in [5.74, 6) is 1.59. The summed E-state index contributed by atoms with van der Waals surface area (Å²) in [6, 6.07) is 1.81. The highest BCUT2D eigenvalue weighted by Gasteiger charge is 2.17. The molecule has 6 heteroatoms. The summed E-state index contributed by atoms with van der Waals surface area (Å²) in [5.41, 5.74) is 8.04. The quantitative estimate of drug-likeness (QED) is 0.925. The van der Waals surface area contributed by atoms with E-state index in [4.69, 9.17) is 26.6 Å². The Bertz CT molecular complexity index is 581. The first-order chi connectivity index (χ1) is 8.58. The molecule has 0 aliphatic carbocycles. The van der Waals surface area contributed by atoms with Crippen LogP contribution in [-0.4, -0.2) is 17.3 Å². The van der Waals surface area contributed by atoms with E-state index in [9.17, 15) is 0 Å². The summed E-state index contributed by atoms with van der Waals surface area (Å²) in [5, 5.41) is 4.49. The van der Waals surface area contributed by atoms with E-state index in [1.165, 1.54) is 0 Å². The van der Waals surface area contributed by atoms with Crippen molar-refractivity contribution in [1.82, 2.24) is 10.1 Å². The summed E-state index contributed by atoms with van der Waals surface area (Å²) in [6.45, 7) is 4.04. The van der Waals surface area contributed by atoms with E-state index in [1.54, 1.807) is 13.2 Å². The second-order valence-electron chi connectivity index (χ2n) is 3.91. The highest BCUT2D eigenvalue weighted by Crippen LogP contribution is 2.36. The maximum atomic E-state index is 6.17. The highest BCUT2D eigenvalue weighted by atomic mass is 35.5. The fraction of sp³-hybridized carbons (Fsp3) is 0.333. The minimum Gasteiger partial charge on any atom is -0.496 e. The first kappa shape index (κ1) is 12.9. The number of hydrogen-bond acceptors (Lipinski definition) is 5. The molecule has 1 heterocycles. The molecule has 0 aliphatic rings. The zero-order valence-electron chi connectivity index (χ0n) is 10.5. The Kier molecular flexibility index (Phi) is 3.54. The molecule has 0 atom stereocenters. The van der Waals surface area contributed by atoms with Crippen LogP contribution in [0.1, 0.15) is 17.0 Å². The molecule has 0 radical (unpaired) electrons. The monoisotopic (exact) mass is 267 g/mol. The predicted molar refractivity (Wildman–Crippen MR) is 68.7 cm³/mol. The van der Waals surface area contributed by atoms with Crippen LogP contribution in [0, 0.1) is 13.8 Å². The van der Waals surface area contributed by atoms with Gasteiger partial charge in [0, 0.05) is 21.7 Å². The standard InChI is InChI=1S/C12H14ClN3O2/c1-6-8(12-15-10(5-14)18-16-12)4-9(13)7(2)11(6)17-3/h4H,5,14H2,1-3H3. The first-order valence-electron chi connectivity index (χ1n) is 5.45. The van der Waals surface area contributed by atoms with Crippen molar-refractivity contribution in [2.45, 2.75) is 20.4 Å². The molecular weight excluding hydrogens is 254 g/mol. The summed E-state index contributed by atoms with van der Waals surface area (Å²) < 4.78 is 10.4. The molecule has 0 spiro atoms. The SMILES string of the molecule is COc1c(C)c(Cl)cc(-c2noc(CN)n2)c1C. The predicted octanol–water partition coefficient (Wildman–Crippen LogP) is 2.47. The minimum absolute atomic E-state index is 0.211. The first-order valence-corrected chi connectivity index (χ1v) is 5.83. The molecule has 0 unspecified atom stereocenters. The molecule has 0 amide bonds. The van der Waals surface area contributed by atoms with Gasteiger partial charge in [-0.05, 0) is 19.9 Å². The molecule has 18 heavy (non-hydrogen) atoms. The lowest BCUT2D eigenvalue weighted by molar-refractivity contribution is 0.380. The average molecular weight is 268 g/mol. The number of nitrogens with zero attached hydrogens (tertiary/aromatic N) is 2.